The van der Waals surface area contributed by atoms with Crippen LogP contribution in [-0.4, -0.2) is 63.0 Å². The summed E-state index contributed by atoms with van der Waals surface area (Å²) in [5.41, 5.74) is 0.496. The number of ether oxygens (including phenoxy) is 1. The van der Waals surface area contributed by atoms with Gasteiger partial charge in [0.1, 0.15) is 11.6 Å². The average molecular weight is 516 g/mol. The van der Waals surface area contributed by atoms with E-state index in [0.29, 0.717) is 38.9 Å². The summed E-state index contributed by atoms with van der Waals surface area (Å²) in [5, 5.41) is 15.7. The number of amides is 2. The van der Waals surface area contributed by atoms with E-state index in [1.807, 2.05) is 24.3 Å². The van der Waals surface area contributed by atoms with Crippen LogP contribution in [0.1, 0.15) is 51.0 Å². The van der Waals surface area contributed by atoms with Crippen molar-refractivity contribution in [3.63, 3.8) is 0 Å². The molecule has 1 aromatic heterocycles. The van der Waals surface area contributed by atoms with Gasteiger partial charge in [0.15, 0.2) is 5.12 Å². The first kappa shape index (κ1) is 26.2. The second kappa shape index (κ2) is 11.5. The van der Waals surface area contributed by atoms with Gasteiger partial charge in [0, 0.05) is 43.7 Å². The molecule has 2 amide bonds. The van der Waals surface area contributed by atoms with Crippen molar-refractivity contribution >= 4 is 45.6 Å². The van der Waals surface area contributed by atoms with Crippen molar-refractivity contribution in [2.75, 3.05) is 13.2 Å². The molecule has 2 atom stereocenters. The maximum absolute atomic E-state index is 13.5. The maximum Gasteiger partial charge on any atom is 0.326 e. The topological polar surface area (TPSA) is 138 Å². The van der Waals surface area contributed by atoms with Gasteiger partial charge in [0.05, 0.1) is 5.25 Å². The van der Waals surface area contributed by atoms with Crippen molar-refractivity contribution in [1.82, 2.24) is 15.6 Å². The van der Waals surface area contributed by atoms with Crippen LogP contribution in [0.25, 0.3) is 10.9 Å². The van der Waals surface area contributed by atoms with E-state index in [4.69, 9.17) is 4.74 Å². The molecule has 4 N–H and O–H groups in total. The van der Waals surface area contributed by atoms with Gasteiger partial charge in [-0.3, -0.25) is 14.4 Å². The zero-order valence-corrected chi connectivity index (χ0v) is 21.2. The van der Waals surface area contributed by atoms with Gasteiger partial charge < -0.3 is 25.5 Å². The Morgan fingerprint density at radius 1 is 1.17 bits per heavy atom. The number of aliphatic carboxylic acids is 1. The van der Waals surface area contributed by atoms with E-state index < -0.39 is 28.7 Å². The molecule has 194 valence electrons. The molecular weight excluding hydrogens is 482 g/mol. The highest BCUT2D eigenvalue weighted by Gasteiger charge is 2.46. The number of aromatic nitrogens is 1. The standard InChI is InChI=1S/C26H33N3O6S/c1-16(30)36-22(17-8-12-35-13-9-17)23(31)29-26(10-4-5-11-26)25(34)28-21(24(32)33)14-18-15-27-20-7-3-2-6-19(18)20/h2-3,6-7,15,17,21-22,27H,4-5,8-14H2,1H3,(H,28,34)(H,29,31)(H,32,33)/t21-,22-/m0/s1. The zero-order valence-electron chi connectivity index (χ0n) is 20.4. The maximum atomic E-state index is 13.5. The number of nitrogens with one attached hydrogen (secondary N) is 3. The number of thioether (sulfide) groups is 1. The minimum absolute atomic E-state index is 0.0252. The summed E-state index contributed by atoms with van der Waals surface area (Å²) in [6.07, 6.45) is 5.56. The summed E-state index contributed by atoms with van der Waals surface area (Å²) in [7, 11) is 0. The van der Waals surface area contributed by atoms with Gasteiger partial charge >= 0.3 is 5.97 Å². The summed E-state index contributed by atoms with van der Waals surface area (Å²) in [6.45, 7) is 2.50. The quantitative estimate of drug-likeness (QED) is 0.403. The van der Waals surface area contributed by atoms with Crippen molar-refractivity contribution in [3.8, 4) is 0 Å². The van der Waals surface area contributed by atoms with E-state index >= 15 is 0 Å². The molecule has 0 radical (unpaired) electrons. The van der Waals surface area contributed by atoms with Gasteiger partial charge in [0.25, 0.3) is 0 Å². The lowest BCUT2D eigenvalue weighted by Crippen LogP contribution is -2.61. The summed E-state index contributed by atoms with van der Waals surface area (Å²) < 4.78 is 5.41. The molecule has 1 saturated heterocycles. The summed E-state index contributed by atoms with van der Waals surface area (Å²) in [6, 6.07) is 6.44. The Balaban J connectivity index is 1.50. The lowest BCUT2D eigenvalue weighted by atomic mass is 9.92. The zero-order chi connectivity index (χ0) is 25.7. The molecular formula is C26H33N3O6S. The number of carbonyl (C=O) groups is 4. The second-order valence-corrected chi connectivity index (χ2v) is 11.0. The third-order valence-electron chi connectivity index (χ3n) is 7.20. The fraction of sp³-hybridized carbons (Fsp3) is 0.538. The number of carboxylic acids is 1. The van der Waals surface area contributed by atoms with Crippen LogP contribution in [0.4, 0.5) is 0 Å². The average Bonchev–Trinajstić information content (AvgIpc) is 3.50. The van der Waals surface area contributed by atoms with Crippen LogP contribution in [0.3, 0.4) is 0 Å². The monoisotopic (exact) mass is 515 g/mol. The minimum Gasteiger partial charge on any atom is -0.480 e. The van der Waals surface area contributed by atoms with E-state index in [2.05, 4.69) is 15.6 Å². The first-order chi connectivity index (χ1) is 17.3. The molecule has 1 saturated carbocycles. The highest BCUT2D eigenvalue weighted by Crippen LogP contribution is 2.34. The molecule has 0 unspecified atom stereocenters. The van der Waals surface area contributed by atoms with E-state index in [1.54, 1.807) is 6.20 Å². The Kier molecular flexibility index (Phi) is 8.35. The number of aromatic amines is 1. The van der Waals surface area contributed by atoms with Crippen molar-refractivity contribution < 1.29 is 29.0 Å². The van der Waals surface area contributed by atoms with E-state index in [-0.39, 0.29) is 23.4 Å². The summed E-state index contributed by atoms with van der Waals surface area (Å²) >= 11 is 0.995. The first-order valence-corrected chi connectivity index (χ1v) is 13.3. The molecule has 9 nitrogen and oxygen atoms in total. The fourth-order valence-electron chi connectivity index (χ4n) is 5.27. The molecule has 1 aliphatic carbocycles. The van der Waals surface area contributed by atoms with Gasteiger partial charge in [-0.1, -0.05) is 42.8 Å². The fourth-order valence-corrected chi connectivity index (χ4v) is 6.26. The van der Waals surface area contributed by atoms with Gasteiger partial charge in [0.2, 0.25) is 11.8 Å². The van der Waals surface area contributed by atoms with Crippen LogP contribution in [-0.2, 0) is 30.3 Å². The molecule has 2 aromatic rings. The molecule has 10 heteroatoms. The first-order valence-electron chi connectivity index (χ1n) is 12.4. The smallest absolute Gasteiger partial charge is 0.326 e. The van der Waals surface area contributed by atoms with Crippen molar-refractivity contribution in [3.05, 3.63) is 36.0 Å². The largest absolute Gasteiger partial charge is 0.480 e. The number of hydrogen-bond acceptors (Lipinski definition) is 6. The SMILES string of the molecule is CC(=O)S[C@H](C(=O)NC1(C(=O)N[C@@H](Cc2c[nH]c3ccccc23)C(=O)O)CCCC1)C1CCOCC1. The highest BCUT2D eigenvalue weighted by molar-refractivity contribution is 8.14. The number of benzene rings is 1. The van der Waals surface area contributed by atoms with Crippen LogP contribution in [0.2, 0.25) is 0 Å². The van der Waals surface area contributed by atoms with Crippen LogP contribution in [0.15, 0.2) is 30.5 Å². The van der Waals surface area contributed by atoms with Crippen LogP contribution in [0.5, 0.6) is 0 Å². The van der Waals surface area contributed by atoms with Crippen LogP contribution >= 0.6 is 11.8 Å². The summed E-state index contributed by atoms with van der Waals surface area (Å²) in [4.78, 5) is 54.1. The number of para-hydroxylation sites is 1. The minimum atomic E-state index is -1.19. The van der Waals surface area contributed by atoms with Crippen molar-refractivity contribution in [1.29, 1.82) is 0 Å². The Morgan fingerprint density at radius 3 is 2.53 bits per heavy atom. The molecule has 36 heavy (non-hydrogen) atoms. The molecule has 1 aromatic carbocycles. The molecule has 4 rings (SSSR count). The number of carbonyl (C=O) groups excluding carboxylic acids is 3. The number of hydrogen-bond donors (Lipinski definition) is 4. The van der Waals surface area contributed by atoms with E-state index in [9.17, 15) is 24.3 Å². The number of rotatable bonds is 9. The van der Waals surface area contributed by atoms with Crippen molar-refractivity contribution in [2.24, 2.45) is 5.92 Å². The molecule has 2 heterocycles. The molecule has 1 aliphatic heterocycles. The summed E-state index contributed by atoms with van der Waals surface area (Å²) in [5.74, 6) is -2.00. The molecule has 2 aliphatic rings. The molecule has 2 fully saturated rings. The van der Waals surface area contributed by atoms with E-state index in [0.717, 1.165) is 41.1 Å². The van der Waals surface area contributed by atoms with Crippen LogP contribution in [0, 0.1) is 5.92 Å². The third-order valence-corrected chi connectivity index (χ3v) is 8.39. The predicted molar refractivity (Wildman–Crippen MR) is 137 cm³/mol. The highest BCUT2D eigenvalue weighted by atomic mass is 32.2. The van der Waals surface area contributed by atoms with Gasteiger partial charge in [-0.15, -0.1) is 0 Å². The molecule has 0 bridgehead atoms. The van der Waals surface area contributed by atoms with Crippen LogP contribution < -0.4 is 10.6 Å². The van der Waals surface area contributed by atoms with E-state index in [1.165, 1.54) is 6.92 Å². The number of fused-ring (bicyclic) bond motifs is 1. The Hall–Kier alpha value is -2.85. The normalized spacial score (nSPS) is 19.5. The van der Waals surface area contributed by atoms with Gasteiger partial charge in [-0.2, -0.15) is 0 Å². The Labute approximate surface area is 214 Å². The number of H-pyrrole nitrogens is 1. The lowest BCUT2D eigenvalue weighted by molar-refractivity contribution is -0.143. The molecule has 0 spiro atoms. The Bertz CT molecular complexity index is 1120. The lowest BCUT2D eigenvalue weighted by Gasteiger charge is -2.34. The predicted octanol–water partition coefficient (Wildman–Crippen LogP) is 2.78. The van der Waals surface area contributed by atoms with Gasteiger partial charge in [-0.05, 0) is 43.2 Å². The Morgan fingerprint density at radius 2 is 1.86 bits per heavy atom. The number of carboxylic acid groups (broad SMARTS) is 1. The van der Waals surface area contributed by atoms with Crippen molar-refractivity contribution in [2.45, 2.75) is 68.7 Å². The van der Waals surface area contributed by atoms with Gasteiger partial charge in [-0.25, -0.2) is 4.79 Å². The second-order valence-electron chi connectivity index (χ2n) is 9.69. The third kappa shape index (κ3) is 5.92.